The van der Waals surface area contributed by atoms with E-state index in [1.54, 1.807) is 0 Å². The highest BCUT2D eigenvalue weighted by atomic mass is 16.2. The second kappa shape index (κ2) is 6.35. The maximum atomic E-state index is 9.00. The lowest BCUT2D eigenvalue weighted by Gasteiger charge is -2.37. The molecule has 1 aromatic heterocycles. The van der Waals surface area contributed by atoms with Gasteiger partial charge in [-0.2, -0.15) is 0 Å². The van der Waals surface area contributed by atoms with Gasteiger partial charge in [0, 0.05) is 45.0 Å². The van der Waals surface area contributed by atoms with Gasteiger partial charge in [-0.1, -0.05) is 0 Å². The highest BCUT2D eigenvalue weighted by molar-refractivity contribution is 5.44. The topological polar surface area (TPSA) is 39.6 Å². The highest BCUT2D eigenvalue weighted by Gasteiger charge is 2.19. The number of anilines is 1. The Morgan fingerprint density at radius 3 is 2.47 bits per heavy atom. The predicted molar refractivity (Wildman–Crippen MR) is 78.7 cm³/mol. The van der Waals surface area contributed by atoms with Crippen LogP contribution in [0.1, 0.15) is 25.0 Å². The van der Waals surface area contributed by atoms with Crippen molar-refractivity contribution in [2.75, 3.05) is 37.7 Å². The number of hydrogen-bond donors (Lipinski definition) is 1. The predicted octanol–water partition coefficient (Wildman–Crippen LogP) is 1.46. The maximum Gasteiger partial charge on any atom is 0.128 e. The van der Waals surface area contributed by atoms with Crippen LogP contribution in [-0.2, 0) is 6.42 Å². The Morgan fingerprint density at radius 2 is 1.95 bits per heavy atom. The van der Waals surface area contributed by atoms with Gasteiger partial charge in [0.2, 0.25) is 0 Å². The Balaban J connectivity index is 2.01. The van der Waals surface area contributed by atoms with Gasteiger partial charge in [-0.3, -0.25) is 4.90 Å². The summed E-state index contributed by atoms with van der Waals surface area (Å²) in [6.45, 7) is 11.1. The number of aromatic nitrogens is 1. The molecule has 4 nitrogen and oxygen atoms in total. The Hall–Kier alpha value is -1.13. The van der Waals surface area contributed by atoms with Crippen molar-refractivity contribution in [3.8, 4) is 0 Å². The molecule has 0 atom stereocenters. The Bertz CT molecular complexity index is 412. The normalized spacial score (nSPS) is 17.2. The van der Waals surface area contributed by atoms with E-state index in [1.807, 2.05) is 6.20 Å². The van der Waals surface area contributed by atoms with Crippen molar-refractivity contribution in [3.05, 3.63) is 23.4 Å². The fraction of sp³-hybridized carbons (Fsp3) is 0.667. The lowest BCUT2D eigenvalue weighted by molar-refractivity contribution is 0.209. The Kier molecular flexibility index (Phi) is 4.77. The molecule has 1 fully saturated rings. The molecule has 1 saturated heterocycles. The van der Waals surface area contributed by atoms with Crippen molar-refractivity contribution < 1.29 is 5.11 Å². The van der Waals surface area contributed by atoms with Crippen LogP contribution in [0.5, 0.6) is 0 Å². The zero-order chi connectivity index (χ0) is 13.8. The van der Waals surface area contributed by atoms with E-state index < -0.39 is 0 Å². The number of aryl methyl sites for hydroxylation is 1. The van der Waals surface area contributed by atoms with Gasteiger partial charge >= 0.3 is 0 Å². The summed E-state index contributed by atoms with van der Waals surface area (Å²) in [5.74, 6) is 1.07. The van der Waals surface area contributed by atoms with Crippen LogP contribution in [0.15, 0.2) is 12.3 Å². The summed E-state index contributed by atoms with van der Waals surface area (Å²) >= 11 is 0. The maximum absolute atomic E-state index is 9.00. The molecule has 1 aliphatic rings. The number of rotatable bonds is 4. The minimum atomic E-state index is 0.189. The molecule has 0 bridgehead atoms. The number of aliphatic hydroxyl groups is 1. The second-order valence-electron chi connectivity index (χ2n) is 5.56. The molecule has 0 saturated carbocycles. The number of nitrogens with zero attached hydrogens (tertiary/aromatic N) is 3. The third kappa shape index (κ3) is 3.45. The fourth-order valence-corrected chi connectivity index (χ4v) is 2.59. The number of hydrogen-bond acceptors (Lipinski definition) is 4. The number of piperazine rings is 1. The average molecular weight is 263 g/mol. The molecular weight excluding hydrogens is 238 g/mol. The van der Waals surface area contributed by atoms with E-state index in [2.05, 4.69) is 41.6 Å². The summed E-state index contributed by atoms with van der Waals surface area (Å²) < 4.78 is 0. The van der Waals surface area contributed by atoms with Crippen LogP contribution in [0.4, 0.5) is 5.82 Å². The minimum absolute atomic E-state index is 0.189. The standard InChI is InChI=1S/C15H25N3O/c1-12(2)17-5-7-18(8-6-17)15-10-13(3)14(4-9-19)11-16-15/h10-12,19H,4-9H2,1-3H3. The van der Waals surface area contributed by atoms with Crippen molar-refractivity contribution in [2.45, 2.75) is 33.2 Å². The number of pyridine rings is 1. The zero-order valence-corrected chi connectivity index (χ0v) is 12.3. The molecule has 1 aromatic rings. The smallest absolute Gasteiger partial charge is 0.128 e. The van der Waals surface area contributed by atoms with Crippen molar-refractivity contribution >= 4 is 5.82 Å². The van der Waals surface area contributed by atoms with Gasteiger partial charge < -0.3 is 10.0 Å². The lowest BCUT2D eigenvalue weighted by atomic mass is 10.1. The molecular formula is C15H25N3O. The molecule has 2 rings (SSSR count). The van der Waals surface area contributed by atoms with Gasteiger partial charge in [0.15, 0.2) is 0 Å². The summed E-state index contributed by atoms with van der Waals surface area (Å²) in [5.41, 5.74) is 2.37. The minimum Gasteiger partial charge on any atom is -0.396 e. The highest BCUT2D eigenvalue weighted by Crippen LogP contribution is 2.18. The SMILES string of the molecule is Cc1cc(N2CCN(C(C)C)CC2)ncc1CCO. The third-order valence-electron chi connectivity index (χ3n) is 3.95. The van der Waals surface area contributed by atoms with Gasteiger partial charge in [0.1, 0.15) is 5.82 Å². The molecule has 0 spiro atoms. The third-order valence-corrected chi connectivity index (χ3v) is 3.95. The first kappa shape index (κ1) is 14.3. The first-order valence-electron chi connectivity index (χ1n) is 7.17. The van der Waals surface area contributed by atoms with E-state index >= 15 is 0 Å². The Morgan fingerprint density at radius 1 is 1.26 bits per heavy atom. The summed E-state index contributed by atoms with van der Waals surface area (Å²) in [6.07, 6.45) is 2.61. The van der Waals surface area contributed by atoms with Gasteiger partial charge in [-0.05, 0) is 44.4 Å². The van der Waals surface area contributed by atoms with Crippen molar-refractivity contribution in [3.63, 3.8) is 0 Å². The molecule has 2 heterocycles. The van der Waals surface area contributed by atoms with Crippen molar-refractivity contribution in [1.29, 1.82) is 0 Å². The zero-order valence-electron chi connectivity index (χ0n) is 12.3. The summed E-state index contributed by atoms with van der Waals surface area (Å²) in [4.78, 5) is 9.41. The molecule has 0 radical (unpaired) electrons. The molecule has 1 N–H and O–H groups in total. The van der Waals surface area contributed by atoms with Crippen molar-refractivity contribution in [1.82, 2.24) is 9.88 Å². The van der Waals surface area contributed by atoms with Gasteiger partial charge in [0.25, 0.3) is 0 Å². The molecule has 0 amide bonds. The molecule has 1 aliphatic heterocycles. The van der Waals surface area contributed by atoms with E-state index in [9.17, 15) is 0 Å². The molecule has 0 aromatic carbocycles. The molecule has 0 aliphatic carbocycles. The van der Waals surface area contributed by atoms with E-state index in [1.165, 1.54) is 5.56 Å². The Labute approximate surface area is 116 Å². The average Bonchev–Trinajstić information content (AvgIpc) is 2.41. The van der Waals surface area contributed by atoms with Crippen LogP contribution in [0.3, 0.4) is 0 Å². The van der Waals surface area contributed by atoms with E-state index in [-0.39, 0.29) is 6.61 Å². The van der Waals surface area contributed by atoms with E-state index in [4.69, 9.17) is 5.11 Å². The molecule has 0 unspecified atom stereocenters. The molecule has 4 heteroatoms. The van der Waals surface area contributed by atoms with Gasteiger partial charge in [-0.25, -0.2) is 4.98 Å². The number of aliphatic hydroxyl groups excluding tert-OH is 1. The fourth-order valence-electron chi connectivity index (χ4n) is 2.59. The monoisotopic (exact) mass is 263 g/mol. The first-order valence-corrected chi connectivity index (χ1v) is 7.17. The van der Waals surface area contributed by atoms with Crippen LogP contribution < -0.4 is 4.90 Å². The van der Waals surface area contributed by atoms with Crippen LogP contribution in [0, 0.1) is 6.92 Å². The van der Waals surface area contributed by atoms with E-state index in [0.717, 1.165) is 37.6 Å². The lowest BCUT2D eigenvalue weighted by Crippen LogP contribution is -2.49. The summed E-state index contributed by atoms with van der Waals surface area (Å²) in [7, 11) is 0. The molecule has 106 valence electrons. The summed E-state index contributed by atoms with van der Waals surface area (Å²) in [6, 6.07) is 2.78. The van der Waals surface area contributed by atoms with Crippen LogP contribution in [0.25, 0.3) is 0 Å². The van der Waals surface area contributed by atoms with Crippen molar-refractivity contribution in [2.24, 2.45) is 0 Å². The van der Waals surface area contributed by atoms with E-state index in [0.29, 0.717) is 12.5 Å². The van der Waals surface area contributed by atoms with Gasteiger partial charge in [0.05, 0.1) is 0 Å². The van der Waals surface area contributed by atoms with Gasteiger partial charge in [-0.15, -0.1) is 0 Å². The van der Waals surface area contributed by atoms with Crippen LogP contribution >= 0.6 is 0 Å². The molecule has 19 heavy (non-hydrogen) atoms. The quantitative estimate of drug-likeness (QED) is 0.892. The van der Waals surface area contributed by atoms with Crippen LogP contribution in [-0.4, -0.2) is 53.8 Å². The second-order valence-corrected chi connectivity index (χ2v) is 5.56. The van der Waals surface area contributed by atoms with Crippen LogP contribution in [0.2, 0.25) is 0 Å². The summed E-state index contributed by atoms with van der Waals surface area (Å²) in [5, 5.41) is 9.00. The first-order chi connectivity index (χ1) is 9.11. The largest absolute Gasteiger partial charge is 0.396 e.